The summed E-state index contributed by atoms with van der Waals surface area (Å²) in [6.07, 6.45) is 2.02. The number of piperidine rings is 1. The number of aliphatic carboxylic acids is 1. The highest BCUT2D eigenvalue weighted by Gasteiger charge is 2.28. The highest BCUT2D eigenvalue weighted by atomic mass is 16.4. The van der Waals surface area contributed by atoms with Gasteiger partial charge in [0.15, 0.2) is 0 Å². The van der Waals surface area contributed by atoms with Crippen LogP contribution in [-0.2, 0) is 9.59 Å². The lowest BCUT2D eigenvalue weighted by Gasteiger charge is -2.31. The maximum atomic E-state index is 12.6. The third-order valence-electron chi connectivity index (χ3n) is 5.01. The lowest BCUT2D eigenvalue weighted by molar-refractivity contribution is -0.143. The molecule has 1 N–H and O–H groups in total. The van der Waals surface area contributed by atoms with Crippen LogP contribution in [0.4, 0.5) is 0 Å². The zero-order valence-electron chi connectivity index (χ0n) is 13.9. The summed E-state index contributed by atoms with van der Waals surface area (Å²) in [5, 5.41) is 11.6. The molecule has 1 atom stereocenters. The van der Waals surface area contributed by atoms with E-state index in [2.05, 4.69) is 6.92 Å². The van der Waals surface area contributed by atoms with Crippen LogP contribution in [0.15, 0.2) is 42.5 Å². The Balaban J connectivity index is 1.84. The Bertz CT molecular complexity index is 742. The van der Waals surface area contributed by atoms with E-state index in [1.54, 1.807) is 0 Å². The summed E-state index contributed by atoms with van der Waals surface area (Å²) in [5.41, 5.74) is 0.722. The Morgan fingerprint density at radius 1 is 1.12 bits per heavy atom. The van der Waals surface area contributed by atoms with Gasteiger partial charge in [-0.1, -0.05) is 49.4 Å². The molecule has 2 aromatic carbocycles. The summed E-state index contributed by atoms with van der Waals surface area (Å²) in [6, 6.07) is 13.4. The van der Waals surface area contributed by atoms with Gasteiger partial charge < -0.3 is 10.0 Å². The Morgan fingerprint density at radius 2 is 1.79 bits per heavy atom. The van der Waals surface area contributed by atoms with Gasteiger partial charge in [-0.15, -0.1) is 0 Å². The van der Waals surface area contributed by atoms with Gasteiger partial charge in [0.05, 0.1) is 5.92 Å². The number of hydrogen-bond acceptors (Lipinski definition) is 2. The molecule has 4 heteroatoms. The number of benzene rings is 2. The average Bonchev–Trinajstić information content (AvgIpc) is 2.59. The molecule has 1 fully saturated rings. The van der Waals surface area contributed by atoms with Gasteiger partial charge in [-0.25, -0.2) is 0 Å². The second-order valence-electron chi connectivity index (χ2n) is 6.73. The minimum atomic E-state index is -0.940. The molecule has 1 saturated heterocycles. The van der Waals surface area contributed by atoms with Gasteiger partial charge in [0.1, 0.15) is 0 Å². The Labute approximate surface area is 142 Å². The second-order valence-corrected chi connectivity index (χ2v) is 6.73. The molecule has 1 heterocycles. The predicted octanol–water partition coefficient (Wildman–Crippen LogP) is 3.66. The van der Waals surface area contributed by atoms with Crippen molar-refractivity contribution in [3.05, 3.63) is 48.0 Å². The van der Waals surface area contributed by atoms with E-state index in [4.69, 9.17) is 0 Å². The van der Waals surface area contributed by atoms with Crippen LogP contribution in [0.1, 0.15) is 37.7 Å². The molecular weight excluding hydrogens is 302 g/mol. The van der Waals surface area contributed by atoms with Crippen molar-refractivity contribution in [3.8, 4) is 0 Å². The molecule has 2 aromatic rings. The zero-order chi connectivity index (χ0) is 17.1. The van der Waals surface area contributed by atoms with Crippen LogP contribution in [0.3, 0.4) is 0 Å². The summed E-state index contributed by atoms with van der Waals surface area (Å²) in [7, 11) is 0. The lowest BCUT2D eigenvalue weighted by Crippen LogP contribution is -2.39. The van der Waals surface area contributed by atoms with Crippen molar-refractivity contribution in [2.75, 3.05) is 13.1 Å². The molecule has 1 aliphatic rings. The maximum absolute atomic E-state index is 12.6. The number of nitrogens with zero attached hydrogens (tertiary/aromatic N) is 1. The monoisotopic (exact) mass is 325 g/mol. The van der Waals surface area contributed by atoms with E-state index in [9.17, 15) is 14.7 Å². The van der Waals surface area contributed by atoms with Gasteiger partial charge in [0, 0.05) is 19.5 Å². The van der Waals surface area contributed by atoms with Crippen molar-refractivity contribution in [1.29, 1.82) is 0 Å². The van der Waals surface area contributed by atoms with Gasteiger partial charge in [-0.3, -0.25) is 9.59 Å². The van der Waals surface area contributed by atoms with Gasteiger partial charge in [0.2, 0.25) is 5.91 Å². The maximum Gasteiger partial charge on any atom is 0.311 e. The minimum absolute atomic E-state index is 0.0255. The first kappa shape index (κ1) is 16.5. The normalized spacial score (nSPS) is 17.0. The Morgan fingerprint density at radius 3 is 2.50 bits per heavy atom. The van der Waals surface area contributed by atoms with Crippen molar-refractivity contribution >= 4 is 22.6 Å². The smallest absolute Gasteiger partial charge is 0.311 e. The van der Waals surface area contributed by atoms with Crippen LogP contribution < -0.4 is 0 Å². The molecule has 1 unspecified atom stereocenters. The van der Waals surface area contributed by atoms with Crippen LogP contribution in [0.2, 0.25) is 0 Å². The Hall–Kier alpha value is -2.36. The molecule has 3 rings (SSSR count). The summed E-state index contributed by atoms with van der Waals surface area (Å²) < 4.78 is 0. The van der Waals surface area contributed by atoms with E-state index < -0.39 is 11.9 Å². The van der Waals surface area contributed by atoms with Crippen molar-refractivity contribution in [1.82, 2.24) is 4.90 Å². The highest BCUT2D eigenvalue weighted by molar-refractivity contribution is 5.93. The van der Waals surface area contributed by atoms with Crippen molar-refractivity contribution in [2.45, 2.75) is 32.1 Å². The summed E-state index contributed by atoms with van der Waals surface area (Å²) in [5.74, 6) is -1.15. The quantitative estimate of drug-likeness (QED) is 0.933. The zero-order valence-corrected chi connectivity index (χ0v) is 13.9. The van der Waals surface area contributed by atoms with Crippen LogP contribution in [0.5, 0.6) is 0 Å². The predicted molar refractivity (Wildman–Crippen MR) is 93.9 cm³/mol. The van der Waals surface area contributed by atoms with Crippen molar-refractivity contribution in [3.63, 3.8) is 0 Å². The molecule has 0 aliphatic carbocycles. The topological polar surface area (TPSA) is 57.6 Å². The standard InChI is InChI=1S/C20H23NO3/c1-14-9-11-21(12-10-14)19(22)13-18(20(23)24)17-8-4-6-15-5-2-3-7-16(15)17/h2-8,14,18H,9-13H2,1H3,(H,23,24). The number of amides is 1. The molecule has 1 amide bonds. The Kier molecular flexibility index (Phi) is 4.84. The van der Waals surface area contributed by atoms with E-state index in [0.29, 0.717) is 5.92 Å². The number of carbonyl (C=O) groups excluding carboxylic acids is 1. The molecule has 0 spiro atoms. The fraction of sp³-hybridized carbons (Fsp3) is 0.400. The molecule has 126 valence electrons. The van der Waals surface area contributed by atoms with E-state index in [0.717, 1.165) is 42.3 Å². The number of carboxylic acids is 1. The number of likely N-dealkylation sites (tertiary alicyclic amines) is 1. The summed E-state index contributed by atoms with van der Waals surface area (Å²) in [6.45, 7) is 3.67. The highest BCUT2D eigenvalue weighted by Crippen LogP contribution is 2.29. The minimum Gasteiger partial charge on any atom is -0.481 e. The third kappa shape index (κ3) is 3.42. The van der Waals surface area contributed by atoms with Crippen LogP contribution in [0.25, 0.3) is 10.8 Å². The van der Waals surface area contributed by atoms with Crippen LogP contribution in [-0.4, -0.2) is 35.0 Å². The summed E-state index contributed by atoms with van der Waals surface area (Å²) in [4.78, 5) is 26.3. The summed E-state index contributed by atoms with van der Waals surface area (Å²) >= 11 is 0. The molecular formula is C20H23NO3. The molecule has 0 bridgehead atoms. The molecule has 24 heavy (non-hydrogen) atoms. The van der Waals surface area contributed by atoms with Crippen molar-refractivity contribution in [2.24, 2.45) is 5.92 Å². The fourth-order valence-electron chi connectivity index (χ4n) is 3.45. The first-order valence-corrected chi connectivity index (χ1v) is 8.54. The van der Waals surface area contributed by atoms with Gasteiger partial charge >= 0.3 is 5.97 Å². The fourth-order valence-corrected chi connectivity index (χ4v) is 3.45. The number of carbonyl (C=O) groups is 2. The van der Waals surface area contributed by atoms with Crippen LogP contribution in [0, 0.1) is 5.92 Å². The molecule has 0 saturated carbocycles. The van der Waals surface area contributed by atoms with Gasteiger partial charge in [0.25, 0.3) is 0 Å². The number of fused-ring (bicyclic) bond motifs is 1. The van der Waals surface area contributed by atoms with E-state index in [1.165, 1.54) is 0 Å². The van der Waals surface area contributed by atoms with Gasteiger partial charge in [-0.05, 0) is 35.1 Å². The first-order chi connectivity index (χ1) is 11.6. The van der Waals surface area contributed by atoms with E-state index >= 15 is 0 Å². The average molecular weight is 325 g/mol. The second kappa shape index (κ2) is 7.04. The lowest BCUT2D eigenvalue weighted by atomic mass is 9.90. The molecule has 4 nitrogen and oxygen atoms in total. The van der Waals surface area contributed by atoms with Crippen molar-refractivity contribution < 1.29 is 14.7 Å². The number of hydrogen-bond donors (Lipinski definition) is 1. The molecule has 0 radical (unpaired) electrons. The molecule has 0 aromatic heterocycles. The number of rotatable bonds is 4. The van der Waals surface area contributed by atoms with Crippen LogP contribution >= 0.6 is 0 Å². The van der Waals surface area contributed by atoms with E-state index in [-0.39, 0.29) is 12.3 Å². The van der Waals surface area contributed by atoms with E-state index in [1.807, 2.05) is 47.4 Å². The first-order valence-electron chi connectivity index (χ1n) is 8.54. The molecule has 1 aliphatic heterocycles. The largest absolute Gasteiger partial charge is 0.481 e. The third-order valence-corrected chi connectivity index (χ3v) is 5.01. The SMILES string of the molecule is CC1CCN(C(=O)CC(C(=O)O)c2cccc3ccccc23)CC1. The van der Waals surface area contributed by atoms with Gasteiger partial charge in [-0.2, -0.15) is 0 Å². The number of carboxylic acid groups (broad SMARTS) is 1.